The van der Waals surface area contributed by atoms with Crippen LogP contribution in [-0.2, 0) is 0 Å². The fourth-order valence-electron chi connectivity index (χ4n) is 1.26. The number of aliphatic imine (C=N–C) groups is 1. The van der Waals surface area contributed by atoms with Gasteiger partial charge in [0.15, 0.2) is 6.23 Å². The minimum atomic E-state index is -0.764. The first-order valence-corrected chi connectivity index (χ1v) is 3.67. The zero-order valence-electron chi connectivity index (χ0n) is 6.64. The summed E-state index contributed by atoms with van der Waals surface area (Å²) < 4.78 is 0. The van der Waals surface area contributed by atoms with Crippen molar-refractivity contribution < 1.29 is 9.90 Å². The molecular weight excluding hydrogens is 158 g/mol. The third-order valence-corrected chi connectivity index (χ3v) is 1.88. The van der Waals surface area contributed by atoms with Gasteiger partial charge < -0.3 is 10.0 Å². The molecule has 1 N–H and O–H groups in total. The molecule has 0 saturated heterocycles. The van der Waals surface area contributed by atoms with Crippen LogP contribution in [0.4, 0.5) is 4.79 Å². The second-order valence-corrected chi connectivity index (χ2v) is 2.79. The Morgan fingerprint density at radius 3 is 3.25 bits per heavy atom. The maximum absolute atomic E-state index is 11.4. The molecule has 5 nitrogen and oxygen atoms in total. The van der Waals surface area contributed by atoms with E-state index in [0.29, 0.717) is 5.84 Å². The van der Waals surface area contributed by atoms with Crippen molar-refractivity contribution in [2.24, 2.45) is 4.99 Å². The fourth-order valence-corrected chi connectivity index (χ4v) is 1.26. The second-order valence-electron chi connectivity index (χ2n) is 2.79. The number of urea groups is 1. The number of hydrogen-bond acceptors (Lipinski definition) is 3. The van der Waals surface area contributed by atoms with E-state index < -0.39 is 6.23 Å². The van der Waals surface area contributed by atoms with Gasteiger partial charge in [-0.1, -0.05) is 0 Å². The molecular formula is C7H9N3O2. The first-order valence-electron chi connectivity index (χ1n) is 3.67. The summed E-state index contributed by atoms with van der Waals surface area (Å²) in [5.41, 5.74) is 0. The predicted octanol–water partition coefficient (Wildman–Crippen LogP) is -0.402. The summed E-state index contributed by atoms with van der Waals surface area (Å²) in [4.78, 5) is 18.1. The average molecular weight is 167 g/mol. The molecule has 5 heteroatoms. The van der Waals surface area contributed by atoms with Crippen molar-refractivity contribution in [2.75, 3.05) is 13.6 Å². The highest BCUT2D eigenvalue weighted by Gasteiger charge is 2.31. The molecule has 0 bridgehead atoms. The Kier molecular flexibility index (Phi) is 1.41. The molecule has 0 spiro atoms. The van der Waals surface area contributed by atoms with Crippen molar-refractivity contribution in [1.29, 1.82) is 0 Å². The van der Waals surface area contributed by atoms with Crippen LogP contribution in [0, 0.1) is 0 Å². The lowest BCUT2D eigenvalue weighted by molar-refractivity contribution is 0.159. The van der Waals surface area contributed by atoms with Crippen LogP contribution in [0.1, 0.15) is 0 Å². The molecule has 1 atom stereocenters. The van der Waals surface area contributed by atoms with E-state index in [1.807, 2.05) is 0 Å². The number of nitrogens with zero attached hydrogens (tertiary/aromatic N) is 3. The smallest absolute Gasteiger partial charge is 0.329 e. The normalized spacial score (nSPS) is 27.7. The van der Waals surface area contributed by atoms with Gasteiger partial charge in [0, 0.05) is 13.2 Å². The SMILES string of the molecule is CN1C=CC2=NC(O)CN2C1=O. The van der Waals surface area contributed by atoms with Gasteiger partial charge in [0.05, 0.1) is 6.54 Å². The Labute approximate surface area is 69.6 Å². The van der Waals surface area contributed by atoms with Crippen LogP contribution < -0.4 is 0 Å². The van der Waals surface area contributed by atoms with Gasteiger partial charge in [-0.25, -0.2) is 9.79 Å². The number of rotatable bonds is 0. The van der Waals surface area contributed by atoms with Crippen LogP contribution >= 0.6 is 0 Å². The van der Waals surface area contributed by atoms with Crippen molar-refractivity contribution in [3.8, 4) is 0 Å². The average Bonchev–Trinajstić information content (AvgIpc) is 2.39. The van der Waals surface area contributed by atoms with Gasteiger partial charge in [0.25, 0.3) is 0 Å². The number of aliphatic hydroxyl groups excluding tert-OH is 1. The predicted molar refractivity (Wildman–Crippen MR) is 42.4 cm³/mol. The maximum Gasteiger partial charge on any atom is 0.329 e. The van der Waals surface area contributed by atoms with Crippen LogP contribution in [-0.4, -0.2) is 46.6 Å². The number of amidine groups is 1. The highest BCUT2D eigenvalue weighted by Crippen LogP contribution is 2.14. The van der Waals surface area contributed by atoms with E-state index >= 15 is 0 Å². The van der Waals surface area contributed by atoms with E-state index in [-0.39, 0.29) is 12.6 Å². The Hall–Kier alpha value is -1.36. The van der Waals surface area contributed by atoms with Gasteiger partial charge in [-0.05, 0) is 6.08 Å². The van der Waals surface area contributed by atoms with Crippen molar-refractivity contribution in [1.82, 2.24) is 9.80 Å². The Bertz CT molecular complexity index is 284. The van der Waals surface area contributed by atoms with Crippen LogP contribution in [0.2, 0.25) is 0 Å². The second kappa shape index (κ2) is 2.31. The largest absolute Gasteiger partial charge is 0.370 e. The fraction of sp³-hybridized carbons (Fsp3) is 0.429. The minimum Gasteiger partial charge on any atom is -0.370 e. The monoisotopic (exact) mass is 167 g/mol. The van der Waals surface area contributed by atoms with Crippen LogP contribution in [0.3, 0.4) is 0 Å². The third kappa shape index (κ3) is 0.902. The van der Waals surface area contributed by atoms with E-state index in [9.17, 15) is 4.79 Å². The molecule has 12 heavy (non-hydrogen) atoms. The molecule has 0 aromatic rings. The van der Waals surface area contributed by atoms with Crippen molar-refractivity contribution in [3.63, 3.8) is 0 Å². The molecule has 2 heterocycles. The summed E-state index contributed by atoms with van der Waals surface area (Å²) in [5, 5.41) is 9.13. The van der Waals surface area contributed by atoms with E-state index in [1.165, 1.54) is 9.80 Å². The molecule has 64 valence electrons. The minimum absolute atomic E-state index is 0.146. The van der Waals surface area contributed by atoms with Crippen LogP contribution in [0.5, 0.6) is 0 Å². The van der Waals surface area contributed by atoms with Crippen molar-refractivity contribution >= 4 is 11.9 Å². The van der Waals surface area contributed by atoms with Crippen molar-refractivity contribution in [2.45, 2.75) is 6.23 Å². The summed E-state index contributed by atoms with van der Waals surface area (Å²) in [7, 11) is 1.67. The number of carbonyl (C=O) groups excluding carboxylic acids is 1. The summed E-state index contributed by atoms with van der Waals surface area (Å²) >= 11 is 0. The third-order valence-electron chi connectivity index (χ3n) is 1.88. The molecule has 0 aromatic carbocycles. The van der Waals surface area contributed by atoms with E-state index in [4.69, 9.17) is 5.11 Å². The Balaban J connectivity index is 2.32. The Morgan fingerprint density at radius 1 is 1.75 bits per heavy atom. The molecule has 2 amide bonds. The topological polar surface area (TPSA) is 56.1 Å². The van der Waals surface area contributed by atoms with Gasteiger partial charge in [0.1, 0.15) is 5.84 Å². The zero-order chi connectivity index (χ0) is 8.72. The molecule has 2 aliphatic heterocycles. The number of aliphatic hydroxyl groups is 1. The van der Waals surface area contributed by atoms with E-state index in [0.717, 1.165) is 0 Å². The standard InChI is InChI=1S/C7H9N3O2/c1-9-3-2-5-8-6(11)4-10(5)7(9)12/h2-3,6,11H,4H2,1H3. The highest BCUT2D eigenvalue weighted by atomic mass is 16.3. The molecule has 1 unspecified atom stereocenters. The first-order chi connectivity index (χ1) is 5.68. The van der Waals surface area contributed by atoms with E-state index in [2.05, 4.69) is 4.99 Å². The molecule has 0 radical (unpaired) electrons. The summed E-state index contributed by atoms with van der Waals surface area (Å²) in [6.45, 7) is 0.267. The lowest BCUT2D eigenvalue weighted by atomic mass is 10.4. The number of hydrogen-bond donors (Lipinski definition) is 1. The van der Waals surface area contributed by atoms with Gasteiger partial charge >= 0.3 is 6.03 Å². The summed E-state index contributed by atoms with van der Waals surface area (Å²) in [6, 6.07) is -0.146. The quantitative estimate of drug-likeness (QED) is 0.533. The molecule has 0 aromatic heterocycles. The zero-order valence-corrected chi connectivity index (χ0v) is 6.64. The van der Waals surface area contributed by atoms with Gasteiger partial charge in [-0.3, -0.25) is 4.90 Å². The number of fused-ring (bicyclic) bond motifs is 1. The molecule has 0 fully saturated rings. The molecule has 0 aliphatic carbocycles. The maximum atomic E-state index is 11.4. The Morgan fingerprint density at radius 2 is 2.50 bits per heavy atom. The summed E-state index contributed by atoms with van der Waals surface area (Å²) in [5.74, 6) is 0.547. The number of amides is 2. The highest BCUT2D eigenvalue weighted by molar-refractivity contribution is 6.07. The van der Waals surface area contributed by atoms with Crippen LogP contribution in [0.15, 0.2) is 17.3 Å². The van der Waals surface area contributed by atoms with E-state index in [1.54, 1.807) is 19.3 Å². The lowest BCUT2D eigenvalue weighted by Crippen LogP contribution is -2.44. The molecule has 0 saturated carbocycles. The van der Waals surface area contributed by atoms with Gasteiger partial charge in [0.2, 0.25) is 0 Å². The molecule has 2 aliphatic rings. The van der Waals surface area contributed by atoms with Gasteiger partial charge in [-0.15, -0.1) is 0 Å². The van der Waals surface area contributed by atoms with Gasteiger partial charge in [-0.2, -0.15) is 0 Å². The molecule has 2 rings (SSSR count). The first kappa shape index (κ1) is 7.30. The summed E-state index contributed by atoms with van der Waals surface area (Å²) in [6.07, 6.45) is 2.58. The lowest BCUT2D eigenvalue weighted by Gasteiger charge is -2.25. The van der Waals surface area contributed by atoms with Crippen molar-refractivity contribution in [3.05, 3.63) is 12.3 Å². The number of carbonyl (C=O) groups is 1. The van der Waals surface area contributed by atoms with Crippen LogP contribution in [0.25, 0.3) is 0 Å².